The topological polar surface area (TPSA) is 38.3 Å². The number of ether oxygens (including phenoxy) is 1. The van der Waals surface area contributed by atoms with Gasteiger partial charge in [0.15, 0.2) is 0 Å². The van der Waals surface area contributed by atoms with Crippen LogP contribution in [0.1, 0.15) is 5.56 Å². The molecule has 1 aromatic rings. The van der Waals surface area contributed by atoms with Crippen molar-refractivity contribution in [2.45, 2.75) is 12.5 Å². The standard InChI is InChI=1S/C10H10BrNO2/c1-14-10(13)9-5-6-7(11)3-2-4-8(6)12-9/h2-4,9,12H,5H2,1H3/t9-/m0/s1. The van der Waals surface area contributed by atoms with E-state index >= 15 is 0 Å². The molecule has 14 heavy (non-hydrogen) atoms. The minimum atomic E-state index is -0.242. The van der Waals surface area contributed by atoms with E-state index in [1.807, 2.05) is 18.2 Å². The lowest BCUT2D eigenvalue weighted by Crippen LogP contribution is -2.27. The SMILES string of the molecule is COC(=O)[C@@H]1Cc2c(Br)cccc2N1. The van der Waals surface area contributed by atoms with E-state index < -0.39 is 0 Å². The van der Waals surface area contributed by atoms with Crippen LogP contribution in [0.3, 0.4) is 0 Å². The van der Waals surface area contributed by atoms with E-state index in [1.54, 1.807) is 0 Å². The highest BCUT2D eigenvalue weighted by Crippen LogP contribution is 2.32. The summed E-state index contributed by atoms with van der Waals surface area (Å²) in [7, 11) is 1.40. The van der Waals surface area contributed by atoms with Crippen molar-refractivity contribution in [3.05, 3.63) is 28.2 Å². The number of nitrogens with one attached hydrogen (secondary N) is 1. The predicted octanol–water partition coefficient (Wildman–Crippen LogP) is 1.96. The zero-order chi connectivity index (χ0) is 10.1. The first kappa shape index (κ1) is 9.52. The van der Waals surface area contributed by atoms with Gasteiger partial charge in [0.25, 0.3) is 0 Å². The minimum absolute atomic E-state index is 0.215. The van der Waals surface area contributed by atoms with Gasteiger partial charge in [-0.2, -0.15) is 0 Å². The van der Waals surface area contributed by atoms with Crippen molar-refractivity contribution in [2.24, 2.45) is 0 Å². The Morgan fingerprint density at radius 1 is 1.64 bits per heavy atom. The zero-order valence-electron chi connectivity index (χ0n) is 7.71. The van der Waals surface area contributed by atoms with Crippen molar-refractivity contribution < 1.29 is 9.53 Å². The summed E-state index contributed by atoms with van der Waals surface area (Å²) in [4.78, 5) is 11.3. The van der Waals surface area contributed by atoms with Crippen LogP contribution in [-0.2, 0) is 16.0 Å². The molecule has 0 aromatic heterocycles. The molecule has 0 amide bonds. The van der Waals surface area contributed by atoms with Crippen molar-refractivity contribution >= 4 is 27.6 Å². The van der Waals surface area contributed by atoms with Gasteiger partial charge < -0.3 is 10.1 Å². The number of carbonyl (C=O) groups is 1. The Labute approximate surface area is 90.6 Å². The second-order valence-corrected chi connectivity index (χ2v) is 4.04. The molecule has 0 spiro atoms. The van der Waals surface area contributed by atoms with E-state index in [-0.39, 0.29) is 12.0 Å². The van der Waals surface area contributed by atoms with E-state index in [0.717, 1.165) is 15.7 Å². The first-order valence-corrected chi connectivity index (χ1v) is 5.13. The summed E-state index contributed by atoms with van der Waals surface area (Å²) in [6.45, 7) is 0. The van der Waals surface area contributed by atoms with Gasteiger partial charge in [-0.15, -0.1) is 0 Å². The number of rotatable bonds is 1. The van der Waals surface area contributed by atoms with Gasteiger partial charge >= 0.3 is 5.97 Å². The fourth-order valence-electron chi connectivity index (χ4n) is 1.63. The Bertz CT molecular complexity index is 378. The maximum atomic E-state index is 11.3. The number of fused-ring (bicyclic) bond motifs is 1. The fraction of sp³-hybridized carbons (Fsp3) is 0.300. The Morgan fingerprint density at radius 3 is 3.07 bits per heavy atom. The number of hydrogen-bond donors (Lipinski definition) is 1. The molecule has 74 valence electrons. The van der Waals surface area contributed by atoms with Gasteiger partial charge in [-0.1, -0.05) is 22.0 Å². The van der Waals surface area contributed by atoms with Crippen molar-refractivity contribution in [1.82, 2.24) is 0 Å². The Kier molecular flexibility index (Phi) is 2.46. The van der Waals surface area contributed by atoms with Gasteiger partial charge in [-0.3, -0.25) is 0 Å². The van der Waals surface area contributed by atoms with E-state index in [4.69, 9.17) is 0 Å². The molecule has 2 rings (SSSR count). The summed E-state index contributed by atoms with van der Waals surface area (Å²) in [5.74, 6) is -0.215. The summed E-state index contributed by atoms with van der Waals surface area (Å²) < 4.78 is 5.72. The lowest BCUT2D eigenvalue weighted by atomic mass is 10.1. The van der Waals surface area contributed by atoms with Crippen molar-refractivity contribution in [3.63, 3.8) is 0 Å². The third-order valence-corrected chi connectivity index (χ3v) is 3.09. The molecule has 0 saturated carbocycles. The lowest BCUT2D eigenvalue weighted by Gasteiger charge is -2.07. The Morgan fingerprint density at radius 2 is 2.43 bits per heavy atom. The number of anilines is 1. The summed E-state index contributed by atoms with van der Waals surface area (Å²) in [5.41, 5.74) is 2.15. The molecule has 4 heteroatoms. The molecular formula is C10H10BrNO2. The van der Waals surface area contributed by atoms with Crippen LogP contribution in [0.2, 0.25) is 0 Å². The fourth-order valence-corrected chi connectivity index (χ4v) is 2.16. The van der Waals surface area contributed by atoms with Gasteiger partial charge in [-0.25, -0.2) is 4.79 Å². The maximum absolute atomic E-state index is 11.3. The molecule has 0 unspecified atom stereocenters. The molecule has 0 fully saturated rings. The van der Waals surface area contributed by atoms with Crippen LogP contribution >= 0.6 is 15.9 Å². The van der Waals surface area contributed by atoms with Gasteiger partial charge in [-0.05, 0) is 17.7 Å². The number of carbonyl (C=O) groups excluding carboxylic acids is 1. The van der Waals surface area contributed by atoms with Crippen molar-refractivity contribution in [1.29, 1.82) is 0 Å². The molecule has 1 aliphatic rings. The highest BCUT2D eigenvalue weighted by atomic mass is 79.9. The number of benzene rings is 1. The summed E-state index contributed by atoms with van der Waals surface area (Å²) in [6, 6.07) is 5.63. The van der Waals surface area contributed by atoms with Crippen LogP contribution in [0.15, 0.2) is 22.7 Å². The van der Waals surface area contributed by atoms with Gasteiger partial charge in [0.2, 0.25) is 0 Å². The second-order valence-electron chi connectivity index (χ2n) is 3.19. The molecule has 1 N–H and O–H groups in total. The number of hydrogen-bond acceptors (Lipinski definition) is 3. The predicted molar refractivity (Wildman–Crippen MR) is 57.3 cm³/mol. The molecule has 0 saturated heterocycles. The molecule has 1 atom stereocenters. The van der Waals surface area contributed by atoms with E-state index in [1.165, 1.54) is 7.11 Å². The third-order valence-electron chi connectivity index (χ3n) is 2.34. The molecule has 1 heterocycles. The summed E-state index contributed by atoms with van der Waals surface area (Å²) >= 11 is 3.45. The third kappa shape index (κ3) is 1.50. The lowest BCUT2D eigenvalue weighted by molar-refractivity contribution is -0.141. The maximum Gasteiger partial charge on any atom is 0.328 e. The Balaban J connectivity index is 2.26. The minimum Gasteiger partial charge on any atom is -0.467 e. The van der Waals surface area contributed by atoms with Crippen molar-refractivity contribution in [3.8, 4) is 0 Å². The molecule has 0 radical (unpaired) electrons. The molecule has 1 aromatic carbocycles. The van der Waals surface area contributed by atoms with E-state index in [2.05, 4.69) is 26.0 Å². The first-order valence-electron chi connectivity index (χ1n) is 4.34. The van der Waals surface area contributed by atoms with Gasteiger partial charge in [0, 0.05) is 16.6 Å². The normalized spacial score (nSPS) is 18.6. The smallest absolute Gasteiger partial charge is 0.328 e. The quantitative estimate of drug-likeness (QED) is 0.780. The van der Waals surface area contributed by atoms with Gasteiger partial charge in [0.05, 0.1) is 7.11 Å². The molecule has 3 nitrogen and oxygen atoms in total. The number of esters is 1. The second kappa shape index (κ2) is 3.61. The van der Waals surface area contributed by atoms with Crippen LogP contribution in [0.4, 0.5) is 5.69 Å². The molecule has 0 bridgehead atoms. The van der Waals surface area contributed by atoms with Crippen molar-refractivity contribution in [2.75, 3.05) is 12.4 Å². The molecule has 1 aliphatic heterocycles. The van der Waals surface area contributed by atoms with E-state index in [0.29, 0.717) is 6.42 Å². The van der Waals surface area contributed by atoms with Crippen LogP contribution in [0.25, 0.3) is 0 Å². The average molecular weight is 256 g/mol. The van der Waals surface area contributed by atoms with Crippen LogP contribution < -0.4 is 5.32 Å². The highest BCUT2D eigenvalue weighted by Gasteiger charge is 2.28. The van der Waals surface area contributed by atoms with Gasteiger partial charge in [0.1, 0.15) is 6.04 Å². The Hall–Kier alpha value is -1.03. The van der Waals surface area contributed by atoms with Crippen LogP contribution in [-0.4, -0.2) is 19.1 Å². The zero-order valence-corrected chi connectivity index (χ0v) is 9.30. The first-order chi connectivity index (χ1) is 6.72. The largest absolute Gasteiger partial charge is 0.467 e. The summed E-state index contributed by atoms with van der Waals surface area (Å²) in [5, 5.41) is 3.12. The highest BCUT2D eigenvalue weighted by molar-refractivity contribution is 9.10. The molecular weight excluding hydrogens is 246 g/mol. The van der Waals surface area contributed by atoms with Crippen LogP contribution in [0, 0.1) is 0 Å². The summed E-state index contributed by atoms with van der Waals surface area (Å²) in [6.07, 6.45) is 0.684. The number of halogens is 1. The van der Waals surface area contributed by atoms with E-state index in [9.17, 15) is 4.79 Å². The monoisotopic (exact) mass is 255 g/mol. The molecule has 0 aliphatic carbocycles. The average Bonchev–Trinajstić information content (AvgIpc) is 2.62. The van der Waals surface area contributed by atoms with Crippen LogP contribution in [0.5, 0.6) is 0 Å². The number of methoxy groups -OCH3 is 1.